The molecule has 3 saturated heterocycles. The van der Waals surface area contributed by atoms with Gasteiger partial charge in [0.1, 0.15) is 0 Å². The fourth-order valence-corrected chi connectivity index (χ4v) is 4.42. The zero-order valence-corrected chi connectivity index (χ0v) is 17.2. The molecule has 0 saturated carbocycles. The molecule has 4 heterocycles. The second-order valence-corrected chi connectivity index (χ2v) is 8.20. The standard InChI is InChI=1S/C21H23Cl2N3O2/c1-28-20(21(27)25-19-12-26-7-5-13(19)6-8-26)4-2-3-15-9-14-10-16(22)17(23)11-18(14)24-15/h2-4,9-11,13,19,24H,5-8,12H2,1H3,(H,25,27). The second-order valence-electron chi connectivity index (χ2n) is 7.39. The SMILES string of the molecule is COC(=CC=Cc1cc2cc(Cl)c(Cl)cc2[nH]1)C(=O)NC1CN2CCC1CC2. The quantitative estimate of drug-likeness (QED) is 0.433. The van der Waals surface area contributed by atoms with Crippen molar-refractivity contribution < 1.29 is 9.53 Å². The first-order valence-corrected chi connectivity index (χ1v) is 10.2. The topological polar surface area (TPSA) is 57.4 Å². The molecule has 5 rings (SSSR count). The predicted molar refractivity (Wildman–Crippen MR) is 114 cm³/mol. The Morgan fingerprint density at radius 1 is 1.25 bits per heavy atom. The van der Waals surface area contributed by atoms with E-state index < -0.39 is 0 Å². The lowest BCUT2D eigenvalue weighted by Gasteiger charge is -2.44. The minimum atomic E-state index is -0.166. The van der Waals surface area contributed by atoms with Crippen LogP contribution in [0.3, 0.4) is 0 Å². The smallest absolute Gasteiger partial charge is 0.286 e. The van der Waals surface area contributed by atoms with Crippen LogP contribution >= 0.6 is 23.2 Å². The van der Waals surface area contributed by atoms with E-state index in [1.807, 2.05) is 18.2 Å². The number of nitrogens with zero attached hydrogens (tertiary/aromatic N) is 1. The summed E-state index contributed by atoms with van der Waals surface area (Å²) in [6, 6.07) is 5.81. The van der Waals surface area contributed by atoms with Gasteiger partial charge in [-0.3, -0.25) is 4.79 Å². The van der Waals surface area contributed by atoms with Gasteiger partial charge < -0.3 is 19.9 Å². The molecule has 0 spiro atoms. The number of ether oxygens (including phenoxy) is 1. The lowest BCUT2D eigenvalue weighted by atomic mass is 9.84. The summed E-state index contributed by atoms with van der Waals surface area (Å²) in [6.07, 6.45) is 7.67. The number of halogens is 2. The highest BCUT2D eigenvalue weighted by molar-refractivity contribution is 6.42. The van der Waals surface area contributed by atoms with Gasteiger partial charge >= 0.3 is 0 Å². The number of carbonyl (C=O) groups is 1. The van der Waals surface area contributed by atoms with Crippen LogP contribution in [0, 0.1) is 5.92 Å². The molecule has 7 heteroatoms. The van der Waals surface area contributed by atoms with Gasteiger partial charge in [0.15, 0.2) is 5.76 Å². The number of nitrogens with one attached hydrogen (secondary N) is 2. The zero-order chi connectivity index (χ0) is 19.7. The van der Waals surface area contributed by atoms with Gasteiger partial charge in [0.05, 0.1) is 17.2 Å². The lowest BCUT2D eigenvalue weighted by Crippen LogP contribution is -2.57. The third-order valence-corrected chi connectivity index (χ3v) is 6.34. The zero-order valence-electron chi connectivity index (χ0n) is 15.7. The lowest BCUT2D eigenvalue weighted by molar-refractivity contribution is -0.122. The summed E-state index contributed by atoms with van der Waals surface area (Å²) in [5.74, 6) is 0.712. The van der Waals surface area contributed by atoms with E-state index in [9.17, 15) is 4.79 Å². The van der Waals surface area contributed by atoms with E-state index in [2.05, 4.69) is 15.2 Å². The van der Waals surface area contributed by atoms with E-state index >= 15 is 0 Å². The van der Waals surface area contributed by atoms with Crippen molar-refractivity contribution in [1.29, 1.82) is 0 Å². The van der Waals surface area contributed by atoms with Gasteiger partial charge in [-0.15, -0.1) is 0 Å². The number of fused-ring (bicyclic) bond motifs is 4. The van der Waals surface area contributed by atoms with Crippen molar-refractivity contribution in [2.45, 2.75) is 18.9 Å². The summed E-state index contributed by atoms with van der Waals surface area (Å²) < 4.78 is 5.30. The van der Waals surface area contributed by atoms with Crippen LogP contribution in [0.2, 0.25) is 10.0 Å². The van der Waals surface area contributed by atoms with Crippen LogP contribution in [0.4, 0.5) is 0 Å². The first-order valence-electron chi connectivity index (χ1n) is 9.47. The van der Waals surface area contributed by atoms with Crippen molar-refractivity contribution in [3.8, 4) is 0 Å². The molecular formula is C21H23Cl2N3O2. The van der Waals surface area contributed by atoms with Gasteiger partial charge in [0.2, 0.25) is 0 Å². The van der Waals surface area contributed by atoms with Gasteiger partial charge in [-0.1, -0.05) is 29.3 Å². The van der Waals surface area contributed by atoms with Crippen molar-refractivity contribution >= 4 is 46.1 Å². The molecule has 1 amide bonds. The highest BCUT2D eigenvalue weighted by atomic mass is 35.5. The molecule has 5 nitrogen and oxygen atoms in total. The summed E-state index contributed by atoms with van der Waals surface area (Å²) >= 11 is 12.1. The number of hydrogen-bond acceptors (Lipinski definition) is 3. The monoisotopic (exact) mass is 419 g/mol. The molecule has 3 aliphatic heterocycles. The maximum Gasteiger partial charge on any atom is 0.286 e. The third-order valence-electron chi connectivity index (χ3n) is 5.62. The van der Waals surface area contributed by atoms with Crippen LogP contribution in [0.25, 0.3) is 17.0 Å². The van der Waals surface area contributed by atoms with Gasteiger partial charge in [-0.25, -0.2) is 0 Å². The molecule has 2 aromatic rings. The molecule has 1 unspecified atom stereocenters. The number of rotatable bonds is 5. The molecule has 1 aromatic heterocycles. The molecule has 2 N–H and O–H groups in total. The Morgan fingerprint density at radius 3 is 2.68 bits per heavy atom. The number of H-pyrrole nitrogens is 1. The Hall–Kier alpha value is -1.95. The van der Waals surface area contributed by atoms with Crippen molar-refractivity contribution in [2.24, 2.45) is 5.92 Å². The summed E-state index contributed by atoms with van der Waals surface area (Å²) in [5, 5.41) is 5.15. The number of methoxy groups -OCH3 is 1. The third kappa shape index (κ3) is 4.07. The van der Waals surface area contributed by atoms with Crippen molar-refractivity contribution in [3.63, 3.8) is 0 Å². The first kappa shape index (κ1) is 19.4. The van der Waals surface area contributed by atoms with E-state index in [-0.39, 0.29) is 11.9 Å². The number of aromatic amines is 1. The van der Waals surface area contributed by atoms with Crippen LogP contribution in [0.5, 0.6) is 0 Å². The maximum atomic E-state index is 12.6. The van der Waals surface area contributed by atoms with Gasteiger partial charge in [-0.05, 0) is 62.2 Å². The number of aromatic nitrogens is 1. The van der Waals surface area contributed by atoms with Crippen molar-refractivity contribution in [3.05, 3.63) is 51.8 Å². The number of amides is 1. The molecule has 0 radical (unpaired) electrons. The fraction of sp³-hybridized carbons (Fsp3) is 0.381. The van der Waals surface area contributed by atoms with Crippen LogP contribution < -0.4 is 5.32 Å². The van der Waals surface area contributed by atoms with E-state index in [0.717, 1.165) is 49.1 Å². The Bertz CT molecular complexity index is 904. The first-order chi connectivity index (χ1) is 13.5. The molecule has 28 heavy (non-hydrogen) atoms. The van der Waals surface area contributed by atoms with Crippen molar-refractivity contribution in [1.82, 2.24) is 15.2 Å². The molecule has 1 atom stereocenters. The number of hydrogen-bond donors (Lipinski definition) is 2. The predicted octanol–water partition coefficient (Wildman–Crippen LogP) is 4.23. The normalized spacial score (nSPS) is 24.8. The number of piperidine rings is 3. The van der Waals surface area contributed by atoms with Crippen LogP contribution in [0.15, 0.2) is 36.1 Å². The highest BCUT2D eigenvalue weighted by Gasteiger charge is 2.35. The Kier molecular flexibility index (Phi) is 5.67. The molecule has 3 aliphatic rings. The van der Waals surface area contributed by atoms with E-state index in [1.165, 1.54) is 7.11 Å². The number of benzene rings is 1. The van der Waals surface area contributed by atoms with E-state index in [0.29, 0.717) is 21.7 Å². The Morgan fingerprint density at radius 2 is 2.00 bits per heavy atom. The molecular weight excluding hydrogens is 397 g/mol. The Balaban J connectivity index is 1.43. The average molecular weight is 420 g/mol. The van der Waals surface area contributed by atoms with Crippen LogP contribution in [-0.4, -0.2) is 48.6 Å². The van der Waals surface area contributed by atoms with Gasteiger partial charge in [0.25, 0.3) is 5.91 Å². The van der Waals surface area contributed by atoms with Crippen LogP contribution in [-0.2, 0) is 9.53 Å². The van der Waals surface area contributed by atoms with Crippen LogP contribution in [0.1, 0.15) is 18.5 Å². The van der Waals surface area contributed by atoms with Gasteiger partial charge in [0, 0.05) is 29.2 Å². The van der Waals surface area contributed by atoms with E-state index in [1.54, 1.807) is 18.2 Å². The van der Waals surface area contributed by atoms with E-state index in [4.69, 9.17) is 27.9 Å². The maximum absolute atomic E-state index is 12.6. The highest BCUT2D eigenvalue weighted by Crippen LogP contribution is 2.29. The number of carbonyl (C=O) groups excluding carboxylic acids is 1. The van der Waals surface area contributed by atoms with Gasteiger partial charge in [-0.2, -0.15) is 0 Å². The minimum Gasteiger partial charge on any atom is -0.491 e. The largest absolute Gasteiger partial charge is 0.491 e. The summed E-state index contributed by atoms with van der Waals surface area (Å²) in [5.41, 5.74) is 1.79. The fourth-order valence-electron chi connectivity index (χ4n) is 4.08. The second kappa shape index (κ2) is 8.19. The molecule has 148 valence electrons. The molecule has 0 aliphatic carbocycles. The average Bonchev–Trinajstić information content (AvgIpc) is 3.08. The summed E-state index contributed by atoms with van der Waals surface area (Å²) in [7, 11) is 1.52. The summed E-state index contributed by atoms with van der Waals surface area (Å²) in [4.78, 5) is 18.3. The Labute approximate surface area is 174 Å². The number of allylic oxidation sites excluding steroid dienone is 2. The molecule has 2 bridgehead atoms. The molecule has 1 aromatic carbocycles. The minimum absolute atomic E-state index is 0.166. The molecule has 3 fully saturated rings. The summed E-state index contributed by atoms with van der Waals surface area (Å²) in [6.45, 7) is 3.23. The van der Waals surface area contributed by atoms with Crippen molar-refractivity contribution in [2.75, 3.05) is 26.7 Å².